The maximum Gasteiger partial charge on any atom is 0.0508 e. The van der Waals surface area contributed by atoms with E-state index >= 15 is 0 Å². The van der Waals surface area contributed by atoms with Crippen LogP contribution in [0.1, 0.15) is 12.0 Å². The SMILES string of the molecule is Clc1ccc2[nH]cc(CCN3CCN(C4=C5SC=CC=C5CC=C4)CC3)c2c1. The van der Waals surface area contributed by atoms with E-state index in [0.717, 1.165) is 50.6 Å². The fraction of sp³-hybridized carbons (Fsp3) is 0.304. The Morgan fingerprint density at radius 3 is 2.93 bits per heavy atom. The first-order valence-electron chi connectivity index (χ1n) is 9.94. The number of halogens is 1. The van der Waals surface area contributed by atoms with Crippen molar-refractivity contribution in [2.24, 2.45) is 0 Å². The molecule has 5 rings (SSSR count). The highest BCUT2D eigenvalue weighted by Gasteiger charge is 2.23. The molecule has 0 spiro atoms. The van der Waals surface area contributed by atoms with Gasteiger partial charge in [-0.3, -0.25) is 4.90 Å². The summed E-state index contributed by atoms with van der Waals surface area (Å²) in [5.41, 5.74) is 5.41. The van der Waals surface area contributed by atoms with E-state index in [2.05, 4.69) is 62.8 Å². The Hall–Kier alpha value is -1.88. The first-order chi connectivity index (χ1) is 13.8. The van der Waals surface area contributed by atoms with Gasteiger partial charge in [-0.2, -0.15) is 0 Å². The number of aromatic amines is 1. The van der Waals surface area contributed by atoms with E-state index in [1.165, 1.54) is 32.6 Å². The summed E-state index contributed by atoms with van der Waals surface area (Å²) in [5, 5.41) is 4.26. The zero-order valence-electron chi connectivity index (χ0n) is 15.8. The minimum Gasteiger partial charge on any atom is -0.368 e. The number of nitrogens with one attached hydrogen (secondary N) is 1. The van der Waals surface area contributed by atoms with Crippen LogP contribution in [0, 0.1) is 0 Å². The van der Waals surface area contributed by atoms with Crippen LogP contribution >= 0.6 is 23.4 Å². The van der Waals surface area contributed by atoms with Crippen LogP contribution in [-0.2, 0) is 6.42 Å². The van der Waals surface area contributed by atoms with Gasteiger partial charge in [0.25, 0.3) is 0 Å². The van der Waals surface area contributed by atoms with Crippen LogP contribution in [0.15, 0.2) is 70.3 Å². The Balaban J connectivity index is 1.21. The van der Waals surface area contributed by atoms with Gasteiger partial charge in [0.05, 0.1) is 5.70 Å². The first kappa shape index (κ1) is 18.2. The van der Waals surface area contributed by atoms with E-state index < -0.39 is 0 Å². The molecule has 1 aromatic carbocycles. The van der Waals surface area contributed by atoms with E-state index in [-0.39, 0.29) is 0 Å². The van der Waals surface area contributed by atoms with Gasteiger partial charge >= 0.3 is 0 Å². The predicted molar refractivity (Wildman–Crippen MR) is 121 cm³/mol. The zero-order chi connectivity index (χ0) is 18.9. The normalized spacial score (nSPS) is 20.0. The summed E-state index contributed by atoms with van der Waals surface area (Å²) in [5.74, 6) is 0. The molecular formula is C23H24ClN3S. The third-order valence-electron chi connectivity index (χ3n) is 5.84. The van der Waals surface area contributed by atoms with Crippen molar-refractivity contribution in [3.05, 3.63) is 80.9 Å². The molecule has 0 saturated carbocycles. The van der Waals surface area contributed by atoms with Gasteiger partial charge in [0.1, 0.15) is 0 Å². The summed E-state index contributed by atoms with van der Waals surface area (Å²) in [6.07, 6.45) is 13.3. The Morgan fingerprint density at radius 2 is 2.04 bits per heavy atom. The number of benzene rings is 1. The Kier molecular flexibility index (Phi) is 5.10. The predicted octanol–water partition coefficient (Wildman–Crippen LogP) is 5.34. The van der Waals surface area contributed by atoms with E-state index in [1.807, 2.05) is 17.8 Å². The summed E-state index contributed by atoms with van der Waals surface area (Å²) < 4.78 is 0. The van der Waals surface area contributed by atoms with Crippen molar-refractivity contribution in [1.82, 2.24) is 14.8 Å². The molecule has 144 valence electrons. The fourth-order valence-corrected chi connectivity index (χ4v) is 5.36. The highest BCUT2D eigenvalue weighted by molar-refractivity contribution is 8.06. The van der Waals surface area contributed by atoms with Gasteiger partial charge in [0.2, 0.25) is 0 Å². The van der Waals surface area contributed by atoms with Crippen LogP contribution in [0.5, 0.6) is 0 Å². The number of allylic oxidation sites excluding steroid dienone is 5. The molecule has 1 saturated heterocycles. The average Bonchev–Trinajstić information content (AvgIpc) is 3.14. The molecule has 5 heteroatoms. The summed E-state index contributed by atoms with van der Waals surface area (Å²) in [6, 6.07) is 6.08. The molecule has 0 bridgehead atoms. The lowest BCUT2D eigenvalue weighted by molar-refractivity contribution is 0.163. The second kappa shape index (κ2) is 7.86. The van der Waals surface area contributed by atoms with Crippen molar-refractivity contribution in [2.75, 3.05) is 32.7 Å². The standard InChI is InChI=1S/C23H24ClN3S/c24-19-6-7-21-20(15-19)18(16-25-21)8-9-26-10-12-27(13-11-26)22-5-1-3-17-4-2-14-28-23(17)22/h1-2,4-7,14-16,25H,3,8-13H2. The third kappa shape index (κ3) is 3.57. The largest absolute Gasteiger partial charge is 0.368 e. The van der Waals surface area contributed by atoms with Crippen molar-refractivity contribution in [3.63, 3.8) is 0 Å². The molecule has 1 fully saturated rings. The molecule has 3 heterocycles. The highest BCUT2D eigenvalue weighted by atomic mass is 35.5. The molecule has 3 nitrogen and oxygen atoms in total. The van der Waals surface area contributed by atoms with Crippen molar-refractivity contribution >= 4 is 34.3 Å². The number of nitrogens with zero attached hydrogens (tertiary/aromatic N) is 2. The molecule has 3 aliphatic rings. The lowest BCUT2D eigenvalue weighted by Gasteiger charge is -2.38. The molecule has 0 amide bonds. The summed E-state index contributed by atoms with van der Waals surface area (Å²) in [7, 11) is 0. The Bertz CT molecular complexity index is 1010. The van der Waals surface area contributed by atoms with Crippen LogP contribution in [0.3, 0.4) is 0 Å². The van der Waals surface area contributed by atoms with Gasteiger partial charge < -0.3 is 9.88 Å². The summed E-state index contributed by atoms with van der Waals surface area (Å²) >= 11 is 8.06. The number of hydrogen-bond donors (Lipinski definition) is 1. The highest BCUT2D eigenvalue weighted by Crippen LogP contribution is 2.38. The number of rotatable bonds is 4. The van der Waals surface area contributed by atoms with Crippen LogP contribution in [0.4, 0.5) is 0 Å². The van der Waals surface area contributed by atoms with Crippen molar-refractivity contribution < 1.29 is 0 Å². The smallest absolute Gasteiger partial charge is 0.0508 e. The van der Waals surface area contributed by atoms with Gasteiger partial charge in [-0.15, -0.1) is 0 Å². The quantitative estimate of drug-likeness (QED) is 0.736. The second-order valence-corrected chi connectivity index (χ2v) is 8.89. The molecule has 0 atom stereocenters. The van der Waals surface area contributed by atoms with Gasteiger partial charge in [0.15, 0.2) is 0 Å². The number of fused-ring (bicyclic) bond motifs is 2. The Morgan fingerprint density at radius 1 is 1.14 bits per heavy atom. The van der Waals surface area contributed by atoms with Crippen LogP contribution in [0.25, 0.3) is 10.9 Å². The van der Waals surface area contributed by atoms with Crippen molar-refractivity contribution in [3.8, 4) is 0 Å². The van der Waals surface area contributed by atoms with Gasteiger partial charge in [-0.05, 0) is 53.7 Å². The number of H-pyrrole nitrogens is 1. The molecular weight excluding hydrogens is 386 g/mol. The molecule has 28 heavy (non-hydrogen) atoms. The average molecular weight is 410 g/mol. The van der Waals surface area contributed by atoms with E-state index in [1.54, 1.807) is 0 Å². The van der Waals surface area contributed by atoms with Crippen LogP contribution in [0.2, 0.25) is 5.02 Å². The molecule has 1 aliphatic carbocycles. The molecule has 1 aromatic heterocycles. The monoisotopic (exact) mass is 409 g/mol. The molecule has 1 N–H and O–H groups in total. The minimum atomic E-state index is 0.806. The molecule has 0 unspecified atom stereocenters. The van der Waals surface area contributed by atoms with Crippen LogP contribution < -0.4 is 0 Å². The maximum atomic E-state index is 6.19. The molecule has 2 aromatic rings. The third-order valence-corrected chi connectivity index (χ3v) is 7.07. The van der Waals surface area contributed by atoms with Crippen molar-refractivity contribution in [1.29, 1.82) is 0 Å². The summed E-state index contributed by atoms with van der Waals surface area (Å²) in [4.78, 5) is 9.97. The fourth-order valence-electron chi connectivity index (χ4n) is 4.27. The topological polar surface area (TPSA) is 22.3 Å². The number of thioether (sulfide) groups is 1. The molecule has 2 aliphatic heterocycles. The number of aromatic nitrogens is 1. The number of piperazine rings is 1. The van der Waals surface area contributed by atoms with Crippen LogP contribution in [-0.4, -0.2) is 47.5 Å². The second-order valence-electron chi connectivity index (χ2n) is 7.54. The minimum absolute atomic E-state index is 0.806. The van der Waals surface area contributed by atoms with E-state index in [4.69, 9.17) is 11.6 Å². The number of hydrogen-bond acceptors (Lipinski definition) is 3. The lowest BCUT2D eigenvalue weighted by atomic mass is 10.0. The summed E-state index contributed by atoms with van der Waals surface area (Å²) in [6.45, 7) is 5.53. The molecule has 0 radical (unpaired) electrons. The van der Waals surface area contributed by atoms with Crippen molar-refractivity contribution in [2.45, 2.75) is 12.8 Å². The van der Waals surface area contributed by atoms with Gasteiger partial charge in [-0.25, -0.2) is 0 Å². The van der Waals surface area contributed by atoms with Gasteiger partial charge in [0, 0.05) is 59.8 Å². The van der Waals surface area contributed by atoms with E-state index in [0.29, 0.717) is 0 Å². The Labute approximate surface area is 175 Å². The maximum absolute atomic E-state index is 6.19. The van der Waals surface area contributed by atoms with E-state index in [9.17, 15) is 0 Å². The first-order valence-corrected chi connectivity index (χ1v) is 11.2. The lowest BCUT2D eigenvalue weighted by Crippen LogP contribution is -2.46. The zero-order valence-corrected chi connectivity index (χ0v) is 17.4. The van der Waals surface area contributed by atoms with Gasteiger partial charge in [-0.1, -0.05) is 41.6 Å².